The van der Waals surface area contributed by atoms with Gasteiger partial charge in [-0.2, -0.15) is 0 Å². The molecule has 1 fully saturated rings. The summed E-state index contributed by atoms with van der Waals surface area (Å²) in [4.78, 5) is 2.32. The SMILES string of the molecule is CCC1CCCN1Cc1cccc(C(=N)N)c1F. The van der Waals surface area contributed by atoms with Gasteiger partial charge >= 0.3 is 0 Å². The Morgan fingerprint density at radius 1 is 1.56 bits per heavy atom. The third-order valence-electron chi connectivity index (χ3n) is 3.71. The van der Waals surface area contributed by atoms with Crippen molar-refractivity contribution in [1.82, 2.24) is 4.90 Å². The predicted molar refractivity (Wildman–Crippen MR) is 71.1 cm³/mol. The molecule has 1 aromatic rings. The highest BCUT2D eigenvalue weighted by atomic mass is 19.1. The van der Waals surface area contributed by atoms with Crippen LogP contribution in [-0.2, 0) is 6.54 Å². The fourth-order valence-electron chi connectivity index (χ4n) is 2.69. The van der Waals surface area contributed by atoms with Crippen molar-refractivity contribution >= 4 is 5.84 Å². The number of likely N-dealkylation sites (tertiary alicyclic amines) is 1. The fourth-order valence-corrected chi connectivity index (χ4v) is 2.69. The van der Waals surface area contributed by atoms with E-state index < -0.39 is 0 Å². The molecule has 3 nitrogen and oxygen atoms in total. The van der Waals surface area contributed by atoms with E-state index in [0.717, 1.165) is 13.0 Å². The Morgan fingerprint density at radius 3 is 3.00 bits per heavy atom. The standard InChI is InChI=1S/C14H20FN3/c1-2-11-6-4-8-18(11)9-10-5-3-7-12(13(10)15)14(16)17/h3,5,7,11H,2,4,6,8-9H2,1H3,(H3,16,17). The highest BCUT2D eigenvalue weighted by molar-refractivity contribution is 5.95. The van der Waals surface area contributed by atoms with Gasteiger partial charge < -0.3 is 5.73 Å². The first kappa shape index (κ1) is 13.0. The van der Waals surface area contributed by atoms with Crippen LogP contribution in [0.5, 0.6) is 0 Å². The Morgan fingerprint density at radius 2 is 2.33 bits per heavy atom. The second kappa shape index (κ2) is 5.48. The molecule has 1 unspecified atom stereocenters. The molecular formula is C14H20FN3. The van der Waals surface area contributed by atoms with Gasteiger partial charge in [0.25, 0.3) is 0 Å². The lowest BCUT2D eigenvalue weighted by atomic mass is 10.1. The Bertz CT molecular complexity index is 445. The third-order valence-corrected chi connectivity index (χ3v) is 3.71. The molecule has 0 saturated carbocycles. The fraction of sp³-hybridized carbons (Fsp3) is 0.500. The second-order valence-corrected chi connectivity index (χ2v) is 4.87. The number of nitrogens with two attached hydrogens (primary N) is 1. The number of nitrogen functional groups attached to an aromatic ring is 1. The zero-order chi connectivity index (χ0) is 13.1. The molecule has 1 atom stereocenters. The minimum Gasteiger partial charge on any atom is -0.384 e. The van der Waals surface area contributed by atoms with Gasteiger partial charge in [0.1, 0.15) is 11.7 Å². The lowest BCUT2D eigenvalue weighted by Crippen LogP contribution is -2.29. The molecule has 0 spiro atoms. The van der Waals surface area contributed by atoms with E-state index in [2.05, 4.69) is 11.8 Å². The molecule has 0 radical (unpaired) electrons. The van der Waals surface area contributed by atoms with Gasteiger partial charge in [-0.25, -0.2) is 4.39 Å². The smallest absolute Gasteiger partial charge is 0.138 e. The van der Waals surface area contributed by atoms with E-state index in [1.165, 1.54) is 12.8 Å². The number of hydrogen-bond acceptors (Lipinski definition) is 2. The number of nitrogens with zero attached hydrogens (tertiary/aromatic N) is 1. The van der Waals surface area contributed by atoms with Crippen LogP contribution in [0, 0.1) is 11.2 Å². The van der Waals surface area contributed by atoms with Gasteiger partial charge in [-0.3, -0.25) is 10.3 Å². The first-order chi connectivity index (χ1) is 8.63. The summed E-state index contributed by atoms with van der Waals surface area (Å²) in [6, 6.07) is 5.67. The zero-order valence-electron chi connectivity index (χ0n) is 10.7. The van der Waals surface area contributed by atoms with E-state index >= 15 is 0 Å². The van der Waals surface area contributed by atoms with Crippen molar-refractivity contribution in [1.29, 1.82) is 5.41 Å². The van der Waals surface area contributed by atoms with Gasteiger partial charge in [-0.05, 0) is 31.9 Å². The van der Waals surface area contributed by atoms with Crippen LogP contribution in [0.3, 0.4) is 0 Å². The highest BCUT2D eigenvalue weighted by Gasteiger charge is 2.24. The maximum Gasteiger partial charge on any atom is 0.138 e. The molecule has 1 aromatic carbocycles. The summed E-state index contributed by atoms with van der Waals surface area (Å²) >= 11 is 0. The van der Waals surface area contributed by atoms with Crippen molar-refractivity contribution in [2.75, 3.05) is 6.54 Å². The first-order valence-electron chi connectivity index (χ1n) is 6.49. The van der Waals surface area contributed by atoms with Crippen molar-refractivity contribution in [3.8, 4) is 0 Å². The molecule has 1 aliphatic rings. The van der Waals surface area contributed by atoms with Crippen molar-refractivity contribution in [2.45, 2.75) is 38.8 Å². The number of nitrogens with one attached hydrogen (secondary N) is 1. The van der Waals surface area contributed by atoms with Crippen molar-refractivity contribution in [3.05, 3.63) is 35.1 Å². The summed E-state index contributed by atoms with van der Waals surface area (Å²) in [5, 5.41) is 7.36. The predicted octanol–water partition coefficient (Wildman–Crippen LogP) is 2.48. The molecule has 98 valence electrons. The van der Waals surface area contributed by atoms with E-state index in [9.17, 15) is 4.39 Å². The average Bonchev–Trinajstić information content (AvgIpc) is 2.78. The summed E-state index contributed by atoms with van der Waals surface area (Å²) < 4.78 is 14.2. The number of benzene rings is 1. The van der Waals surface area contributed by atoms with Gasteiger partial charge in [0.15, 0.2) is 0 Å². The molecule has 1 heterocycles. The summed E-state index contributed by atoms with van der Waals surface area (Å²) in [6.45, 7) is 3.82. The van der Waals surface area contributed by atoms with E-state index in [1.807, 2.05) is 0 Å². The normalized spacial score (nSPS) is 20.2. The van der Waals surface area contributed by atoms with Crippen molar-refractivity contribution in [3.63, 3.8) is 0 Å². The summed E-state index contributed by atoms with van der Waals surface area (Å²) in [6.07, 6.45) is 3.49. The first-order valence-corrected chi connectivity index (χ1v) is 6.49. The van der Waals surface area contributed by atoms with E-state index in [-0.39, 0.29) is 17.2 Å². The van der Waals surface area contributed by atoms with Crippen LogP contribution in [0.25, 0.3) is 0 Å². The van der Waals surface area contributed by atoms with Crippen LogP contribution >= 0.6 is 0 Å². The molecule has 0 amide bonds. The second-order valence-electron chi connectivity index (χ2n) is 4.87. The number of amidine groups is 1. The molecular weight excluding hydrogens is 229 g/mol. The molecule has 0 aromatic heterocycles. The van der Waals surface area contributed by atoms with Crippen LogP contribution in [0.2, 0.25) is 0 Å². The van der Waals surface area contributed by atoms with Crippen molar-refractivity contribution in [2.24, 2.45) is 5.73 Å². The maximum absolute atomic E-state index is 14.2. The molecule has 4 heteroatoms. The molecule has 1 saturated heterocycles. The summed E-state index contributed by atoms with van der Waals surface area (Å²) in [7, 11) is 0. The monoisotopic (exact) mass is 249 g/mol. The van der Waals surface area contributed by atoms with Crippen LogP contribution in [0.1, 0.15) is 37.3 Å². The Hall–Kier alpha value is -1.42. The van der Waals surface area contributed by atoms with Crippen LogP contribution in [0.15, 0.2) is 18.2 Å². The molecule has 0 bridgehead atoms. The number of hydrogen-bond donors (Lipinski definition) is 2. The molecule has 0 aliphatic carbocycles. The molecule has 2 rings (SSSR count). The molecule has 1 aliphatic heterocycles. The number of rotatable bonds is 4. The average molecular weight is 249 g/mol. The maximum atomic E-state index is 14.2. The lowest BCUT2D eigenvalue weighted by molar-refractivity contribution is 0.237. The quantitative estimate of drug-likeness (QED) is 0.636. The van der Waals surface area contributed by atoms with Gasteiger partial charge in [-0.15, -0.1) is 0 Å². The van der Waals surface area contributed by atoms with Gasteiger partial charge in [-0.1, -0.05) is 19.1 Å². The Labute approximate surface area is 107 Å². The topological polar surface area (TPSA) is 53.1 Å². The number of halogens is 1. The Balaban J connectivity index is 2.19. The highest BCUT2D eigenvalue weighted by Crippen LogP contribution is 2.23. The minimum atomic E-state index is -0.341. The summed E-state index contributed by atoms with van der Waals surface area (Å²) in [5.74, 6) is -0.547. The van der Waals surface area contributed by atoms with Gasteiger partial charge in [0.05, 0.1) is 5.56 Å². The third kappa shape index (κ3) is 2.53. The van der Waals surface area contributed by atoms with Crippen LogP contribution in [-0.4, -0.2) is 23.3 Å². The Kier molecular flexibility index (Phi) is 3.97. The summed E-state index contributed by atoms with van der Waals surface area (Å²) in [5.41, 5.74) is 6.22. The molecule has 3 N–H and O–H groups in total. The van der Waals surface area contributed by atoms with E-state index in [1.54, 1.807) is 18.2 Å². The van der Waals surface area contributed by atoms with Gasteiger partial charge in [0, 0.05) is 18.2 Å². The van der Waals surface area contributed by atoms with Crippen LogP contribution in [0.4, 0.5) is 4.39 Å². The minimum absolute atomic E-state index is 0.206. The molecule has 18 heavy (non-hydrogen) atoms. The van der Waals surface area contributed by atoms with Gasteiger partial charge in [0.2, 0.25) is 0 Å². The largest absolute Gasteiger partial charge is 0.384 e. The lowest BCUT2D eigenvalue weighted by Gasteiger charge is -2.23. The van der Waals surface area contributed by atoms with Crippen molar-refractivity contribution < 1.29 is 4.39 Å². The van der Waals surface area contributed by atoms with E-state index in [0.29, 0.717) is 18.2 Å². The van der Waals surface area contributed by atoms with Crippen LogP contribution < -0.4 is 5.73 Å². The van der Waals surface area contributed by atoms with E-state index in [4.69, 9.17) is 11.1 Å². The zero-order valence-corrected chi connectivity index (χ0v) is 10.7.